The van der Waals surface area contributed by atoms with E-state index in [1.807, 2.05) is 0 Å². The molecule has 1 N–H and O–H groups in total. The van der Waals surface area contributed by atoms with Gasteiger partial charge in [-0.3, -0.25) is 33.7 Å². The normalized spacial score (nSPS) is 13.7. The summed E-state index contributed by atoms with van der Waals surface area (Å²) in [6.45, 7) is -0.560. The van der Waals surface area contributed by atoms with Gasteiger partial charge in [0.25, 0.3) is 17.7 Å². The summed E-state index contributed by atoms with van der Waals surface area (Å²) < 4.78 is 5.01. The van der Waals surface area contributed by atoms with E-state index in [1.165, 1.54) is 12.1 Å². The van der Waals surface area contributed by atoms with Crippen LogP contribution in [-0.2, 0) is 14.3 Å². The first-order valence-corrected chi connectivity index (χ1v) is 11.6. The van der Waals surface area contributed by atoms with Gasteiger partial charge in [-0.05, 0) is 24.6 Å². The number of rotatable bonds is 7. The standard InChI is InChI=1S/C28H20N2O7/c31-22(15-37-23(32)13-6-14-30-27(35)18-9-3-4-10-19(18)28(30)36)29-21-12-5-11-20-24(21)26(34)17-8-2-1-7-16(17)25(20)33/h1-5,7-12H,6,13-15H2,(H,29,31). The van der Waals surface area contributed by atoms with Gasteiger partial charge < -0.3 is 10.1 Å². The van der Waals surface area contributed by atoms with Gasteiger partial charge in [-0.25, -0.2) is 0 Å². The number of nitrogens with one attached hydrogen (secondary N) is 1. The zero-order valence-electron chi connectivity index (χ0n) is 19.5. The minimum atomic E-state index is -0.679. The number of hydrogen-bond donors (Lipinski definition) is 1. The highest BCUT2D eigenvalue weighted by molar-refractivity contribution is 6.30. The molecule has 0 saturated heterocycles. The number of anilines is 1. The molecule has 3 aromatic carbocycles. The van der Waals surface area contributed by atoms with E-state index in [1.54, 1.807) is 54.6 Å². The molecular weight excluding hydrogens is 476 g/mol. The fourth-order valence-electron chi connectivity index (χ4n) is 4.48. The Balaban J connectivity index is 1.15. The monoisotopic (exact) mass is 496 g/mol. The molecule has 0 unspecified atom stereocenters. The lowest BCUT2D eigenvalue weighted by Crippen LogP contribution is -2.31. The molecule has 1 aliphatic carbocycles. The lowest BCUT2D eigenvalue weighted by Gasteiger charge is -2.20. The molecule has 0 aromatic heterocycles. The largest absolute Gasteiger partial charge is 0.456 e. The number of benzene rings is 3. The van der Waals surface area contributed by atoms with E-state index >= 15 is 0 Å². The zero-order valence-corrected chi connectivity index (χ0v) is 19.5. The number of ether oxygens (including phenoxy) is 1. The topological polar surface area (TPSA) is 127 Å². The van der Waals surface area contributed by atoms with Crippen LogP contribution in [0, 0.1) is 0 Å². The molecule has 3 aromatic rings. The van der Waals surface area contributed by atoms with Gasteiger partial charge in [-0.15, -0.1) is 0 Å². The summed E-state index contributed by atoms with van der Waals surface area (Å²) >= 11 is 0. The highest BCUT2D eigenvalue weighted by atomic mass is 16.5. The van der Waals surface area contributed by atoms with Crippen molar-refractivity contribution in [2.75, 3.05) is 18.5 Å². The molecule has 1 aliphatic heterocycles. The van der Waals surface area contributed by atoms with E-state index in [0.29, 0.717) is 16.7 Å². The quantitative estimate of drug-likeness (QED) is 0.308. The minimum Gasteiger partial charge on any atom is -0.456 e. The molecule has 0 saturated carbocycles. The average Bonchev–Trinajstić information content (AvgIpc) is 3.15. The van der Waals surface area contributed by atoms with Crippen molar-refractivity contribution < 1.29 is 33.5 Å². The number of imide groups is 1. The van der Waals surface area contributed by atoms with Crippen LogP contribution in [0.1, 0.15) is 65.4 Å². The number of nitrogens with zero attached hydrogens (tertiary/aromatic N) is 1. The van der Waals surface area contributed by atoms with E-state index in [0.717, 1.165) is 4.90 Å². The maximum Gasteiger partial charge on any atom is 0.306 e. The highest BCUT2D eigenvalue weighted by Crippen LogP contribution is 2.32. The number of ketones is 2. The van der Waals surface area contributed by atoms with Crippen molar-refractivity contribution in [3.8, 4) is 0 Å². The van der Waals surface area contributed by atoms with Crippen LogP contribution in [0.2, 0.25) is 0 Å². The molecule has 0 fully saturated rings. The van der Waals surface area contributed by atoms with Crippen molar-refractivity contribution in [2.45, 2.75) is 12.8 Å². The lowest BCUT2D eigenvalue weighted by molar-refractivity contribution is -0.147. The van der Waals surface area contributed by atoms with E-state index in [-0.39, 0.29) is 53.3 Å². The molecule has 37 heavy (non-hydrogen) atoms. The van der Waals surface area contributed by atoms with E-state index in [9.17, 15) is 28.8 Å². The Morgan fingerprint density at radius 1 is 0.703 bits per heavy atom. The lowest BCUT2D eigenvalue weighted by atomic mass is 9.83. The van der Waals surface area contributed by atoms with Crippen LogP contribution in [0.3, 0.4) is 0 Å². The summed E-state index contributed by atoms with van der Waals surface area (Å²) in [6, 6.07) is 17.6. The number of esters is 1. The Kier molecular flexibility index (Phi) is 6.19. The third kappa shape index (κ3) is 4.31. The van der Waals surface area contributed by atoms with E-state index in [2.05, 4.69) is 5.32 Å². The van der Waals surface area contributed by atoms with Crippen LogP contribution in [0.4, 0.5) is 5.69 Å². The van der Waals surface area contributed by atoms with E-state index in [4.69, 9.17) is 4.74 Å². The summed E-state index contributed by atoms with van der Waals surface area (Å²) in [5, 5.41) is 2.54. The second-order valence-corrected chi connectivity index (χ2v) is 8.55. The fraction of sp³-hybridized carbons (Fsp3) is 0.143. The van der Waals surface area contributed by atoms with Crippen molar-refractivity contribution in [3.05, 3.63) is 100 Å². The molecule has 184 valence electrons. The first-order valence-electron chi connectivity index (χ1n) is 11.6. The van der Waals surface area contributed by atoms with Crippen LogP contribution in [0.25, 0.3) is 0 Å². The van der Waals surface area contributed by atoms with Gasteiger partial charge >= 0.3 is 5.97 Å². The summed E-state index contributed by atoms with van der Waals surface area (Å²) in [5.74, 6) is -2.87. The third-order valence-electron chi connectivity index (χ3n) is 6.23. The second-order valence-electron chi connectivity index (χ2n) is 8.55. The molecule has 5 rings (SSSR count). The van der Waals surface area contributed by atoms with Gasteiger partial charge in [-0.1, -0.05) is 48.5 Å². The van der Waals surface area contributed by atoms with Crippen LogP contribution >= 0.6 is 0 Å². The van der Waals surface area contributed by atoms with Crippen molar-refractivity contribution in [1.29, 1.82) is 0 Å². The molecule has 9 nitrogen and oxygen atoms in total. The van der Waals surface area contributed by atoms with Gasteiger partial charge in [0.2, 0.25) is 0 Å². The molecule has 0 bridgehead atoms. The number of fused-ring (bicyclic) bond motifs is 3. The average molecular weight is 496 g/mol. The molecule has 9 heteroatoms. The molecule has 1 heterocycles. The van der Waals surface area contributed by atoms with Gasteiger partial charge in [0.15, 0.2) is 18.2 Å². The van der Waals surface area contributed by atoms with Crippen LogP contribution in [-0.4, -0.2) is 53.3 Å². The second kappa shape index (κ2) is 9.62. The van der Waals surface area contributed by atoms with Gasteiger partial charge in [0, 0.05) is 29.7 Å². The summed E-state index contributed by atoms with van der Waals surface area (Å²) in [4.78, 5) is 76.3. The van der Waals surface area contributed by atoms with Crippen molar-refractivity contribution in [3.63, 3.8) is 0 Å². The minimum absolute atomic E-state index is 0.0431. The molecular formula is C28H20N2O7. The van der Waals surface area contributed by atoms with Crippen LogP contribution < -0.4 is 5.32 Å². The predicted molar refractivity (Wildman–Crippen MR) is 130 cm³/mol. The van der Waals surface area contributed by atoms with Crippen LogP contribution in [0.5, 0.6) is 0 Å². The maximum atomic E-state index is 13.0. The Bertz CT molecular complexity index is 1470. The molecule has 0 radical (unpaired) electrons. The Morgan fingerprint density at radius 2 is 1.27 bits per heavy atom. The molecule has 2 aliphatic rings. The molecule has 0 spiro atoms. The Morgan fingerprint density at radius 3 is 1.92 bits per heavy atom. The van der Waals surface area contributed by atoms with Crippen LogP contribution in [0.15, 0.2) is 66.7 Å². The summed E-state index contributed by atoms with van der Waals surface area (Å²) in [7, 11) is 0. The predicted octanol–water partition coefficient (Wildman–Crippen LogP) is 3.02. The van der Waals surface area contributed by atoms with Gasteiger partial charge in [0.1, 0.15) is 0 Å². The number of amides is 3. The number of hydrogen-bond acceptors (Lipinski definition) is 7. The highest BCUT2D eigenvalue weighted by Gasteiger charge is 2.35. The zero-order chi connectivity index (χ0) is 26.1. The van der Waals surface area contributed by atoms with Crippen molar-refractivity contribution in [1.82, 2.24) is 4.90 Å². The number of carbonyl (C=O) groups is 6. The van der Waals surface area contributed by atoms with Crippen molar-refractivity contribution >= 4 is 40.9 Å². The Hall–Kier alpha value is -4.92. The van der Waals surface area contributed by atoms with Crippen molar-refractivity contribution in [2.24, 2.45) is 0 Å². The van der Waals surface area contributed by atoms with E-state index < -0.39 is 30.3 Å². The smallest absolute Gasteiger partial charge is 0.306 e. The third-order valence-corrected chi connectivity index (χ3v) is 6.23. The van der Waals surface area contributed by atoms with Gasteiger partial charge in [-0.2, -0.15) is 0 Å². The van der Waals surface area contributed by atoms with Gasteiger partial charge in [0.05, 0.1) is 22.4 Å². The maximum absolute atomic E-state index is 13.0. The first kappa shape index (κ1) is 23.8. The number of carbonyl (C=O) groups excluding carboxylic acids is 6. The summed E-state index contributed by atoms with van der Waals surface area (Å²) in [5.41, 5.74) is 1.65. The Labute approximate surface area is 211 Å². The first-order chi connectivity index (χ1) is 17.9. The SMILES string of the molecule is O=C(COC(=O)CCCN1C(=O)c2ccccc2C1=O)Nc1cccc2c1C(=O)c1ccccc1C2=O. The summed E-state index contributed by atoms with van der Waals surface area (Å²) in [6.07, 6.45) is 0.0688. The fourth-order valence-corrected chi connectivity index (χ4v) is 4.48. The molecule has 3 amide bonds. The molecule has 0 atom stereocenters.